The molecule has 3 aromatic rings. The maximum atomic E-state index is 11.9. The third-order valence-corrected chi connectivity index (χ3v) is 2.81. The second kappa shape index (κ2) is 4.49. The molecule has 0 atom stereocenters. The van der Waals surface area contributed by atoms with Crippen molar-refractivity contribution in [2.24, 2.45) is 0 Å². The Labute approximate surface area is 109 Å². The molecule has 0 saturated heterocycles. The van der Waals surface area contributed by atoms with Gasteiger partial charge in [0.05, 0.1) is 0 Å². The SMILES string of the molecule is Nc1cccc(Oc2cc3ccccc3c(=O)[nH]2)c1. The second-order valence-corrected chi connectivity index (χ2v) is 4.22. The number of hydrogen-bond acceptors (Lipinski definition) is 3. The first-order valence-corrected chi connectivity index (χ1v) is 5.88. The van der Waals surface area contributed by atoms with Gasteiger partial charge in [-0.2, -0.15) is 0 Å². The molecule has 1 heterocycles. The average molecular weight is 252 g/mol. The highest BCUT2D eigenvalue weighted by Gasteiger charge is 2.03. The van der Waals surface area contributed by atoms with Gasteiger partial charge in [-0.25, -0.2) is 0 Å². The number of rotatable bonds is 2. The Morgan fingerprint density at radius 1 is 1.00 bits per heavy atom. The largest absolute Gasteiger partial charge is 0.441 e. The van der Waals surface area contributed by atoms with E-state index < -0.39 is 0 Å². The van der Waals surface area contributed by atoms with Gasteiger partial charge in [0.15, 0.2) is 0 Å². The predicted octanol–water partition coefficient (Wildman–Crippen LogP) is 2.90. The molecule has 0 unspecified atom stereocenters. The summed E-state index contributed by atoms with van der Waals surface area (Å²) in [7, 11) is 0. The lowest BCUT2D eigenvalue weighted by Gasteiger charge is -2.07. The van der Waals surface area contributed by atoms with Gasteiger partial charge in [-0.15, -0.1) is 0 Å². The Morgan fingerprint density at radius 3 is 2.68 bits per heavy atom. The molecular formula is C15H12N2O2. The van der Waals surface area contributed by atoms with Gasteiger partial charge in [0.25, 0.3) is 5.56 Å². The normalized spacial score (nSPS) is 10.5. The van der Waals surface area contributed by atoms with Crippen molar-refractivity contribution in [3.8, 4) is 11.6 Å². The zero-order chi connectivity index (χ0) is 13.2. The summed E-state index contributed by atoms with van der Waals surface area (Å²) in [6.45, 7) is 0. The Balaban J connectivity index is 2.04. The summed E-state index contributed by atoms with van der Waals surface area (Å²) in [5, 5.41) is 1.48. The predicted molar refractivity (Wildman–Crippen MR) is 75.5 cm³/mol. The van der Waals surface area contributed by atoms with Crippen molar-refractivity contribution in [1.29, 1.82) is 0 Å². The smallest absolute Gasteiger partial charge is 0.258 e. The van der Waals surface area contributed by atoms with E-state index in [4.69, 9.17) is 10.5 Å². The molecule has 0 amide bonds. The number of ether oxygens (including phenoxy) is 1. The first kappa shape index (κ1) is 11.3. The van der Waals surface area contributed by atoms with Crippen molar-refractivity contribution in [2.45, 2.75) is 0 Å². The van der Waals surface area contributed by atoms with Crippen molar-refractivity contribution >= 4 is 16.5 Å². The van der Waals surface area contributed by atoms with Crippen LogP contribution in [-0.4, -0.2) is 4.98 Å². The third-order valence-electron chi connectivity index (χ3n) is 2.81. The molecule has 19 heavy (non-hydrogen) atoms. The molecule has 4 heteroatoms. The van der Waals surface area contributed by atoms with E-state index in [1.54, 1.807) is 36.4 Å². The fraction of sp³-hybridized carbons (Fsp3) is 0. The number of fused-ring (bicyclic) bond motifs is 1. The lowest BCUT2D eigenvalue weighted by Crippen LogP contribution is -2.06. The number of nitrogen functional groups attached to an aromatic ring is 1. The van der Waals surface area contributed by atoms with E-state index in [0.717, 1.165) is 5.39 Å². The van der Waals surface area contributed by atoms with Crippen LogP contribution in [0.15, 0.2) is 59.4 Å². The molecule has 0 bridgehead atoms. The number of nitrogens with two attached hydrogens (primary N) is 1. The highest BCUT2D eigenvalue weighted by Crippen LogP contribution is 2.22. The lowest BCUT2D eigenvalue weighted by molar-refractivity contribution is 0.463. The summed E-state index contributed by atoms with van der Waals surface area (Å²) >= 11 is 0. The van der Waals surface area contributed by atoms with Crippen molar-refractivity contribution in [3.63, 3.8) is 0 Å². The Bertz CT molecular complexity index is 793. The van der Waals surface area contributed by atoms with E-state index in [-0.39, 0.29) is 5.56 Å². The third kappa shape index (κ3) is 2.28. The van der Waals surface area contributed by atoms with Crippen LogP contribution in [0.25, 0.3) is 10.8 Å². The minimum absolute atomic E-state index is 0.169. The van der Waals surface area contributed by atoms with Crippen molar-refractivity contribution in [2.75, 3.05) is 5.73 Å². The van der Waals surface area contributed by atoms with Crippen LogP contribution in [0.4, 0.5) is 5.69 Å². The zero-order valence-electron chi connectivity index (χ0n) is 10.1. The average Bonchev–Trinajstić information content (AvgIpc) is 2.39. The minimum Gasteiger partial charge on any atom is -0.441 e. The van der Waals surface area contributed by atoms with Gasteiger partial charge in [0, 0.05) is 23.2 Å². The molecule has 0 aliphatic rings. The molecule has 0 spiro atoms. The van der Waals surface area contributed by atoms with Gasteiger partial charge in [-0.1, -0.05) is 24.3 Å². The summed E-state index contributed by atoms with van der Waals surface area (Å²) in [6.07, 6.45) is 0. The Morgan fingerprint density at radius 2 is 1.84 bits per heavy atom. The van der Waals surface area contributed by atoms with Crippen LogP contribution >= 0.6 is 0 Å². The zero-order valence-corrected chi connectivity index (χ0v) is 10.1. The fourth-order valence-corrected chi connectivity index (χ4v) is 1.95. The maximum Gasteiger partial charge on any atom is 0.258 e. The molecule has 1 aromatic heterocycles. The number of aromatic amines is 1. The molecule has 4 nitrogen and oxygen atoms in total. The molecule has 3 rings (SSSR count). The van der Waals surface area contributed by atoms with E-state index in [1.165, 1.54) is 0 Å². The second-order valence-electron chi connectivity index (χ2n) is 4.22. The Hall–Kier alpha value is -2.75. The van der Waals surface area contributed by atoms with Crippen LogP contribution in [0.1, 0.15) is 0 Å². The molecule has 94 valence electrons. The summed E-state index contributed by atoms with van der Waals surface area (Å²) < 4.78 is 5.61. The summed E-state index contributed by atoms with van der Waals surface area (Å²) in [6, 6.07) is 16.2. The number of pyridine rings is 1. The highest BCUT2D eigenvalue weighted by molar-refractivity contribution is 5.82. The molecular weight excluding hydrogens is 240 g/mol. The molecule has 0 aliphatic heterocycles. The van der Waals surface area contributed by atoms with Gasteiger partial charge >= 0.3 is 0 Å². The number of H-pyrrole nitrogens is 1. The van der Waals surface area contributed by atoms with E-state index in [9.17, 15) is 4.79 Å². The number of hydrogen-bond donors (Lipinski definition) is 2. The van der Waals surface area contributed by atoms with Crippen LogP contribution in [0.5, 0.6) is 11.6 Å². The van der Waals surface area contributed by atoms with Crippen molar-refractivity contribution < 1.29 is 4.74 Å². The topological polar surface area (TPSA) is 68.1 Å². The summed E-state index contributed by atoms with van der Waals surface area (Å²) in [5.41, 5.74) is 6.12. The van der Waals surface area contributed by atoms with Crippen LogP contribution in [0.3, 0.4) is 0 Å². The summed E-state index contributed by atoms with van der Waals surface area (Å²) in [5.74, 6) is 0.986. The molecule has 0 fully saturated rings. The number of aromatic nitrogens is 1. The standard InChI is InChI=1S/C15H12N2O2/c16-11-5-3-6-12(9-11)19-14-8-10-4-1-2-7-13(10)15(18)17-14/h1-9H,16H2,(H,17,18). The molecule has 3 N–H and O–H groups in total. The number of anilines is 1. The highest BCUT2D eigenvalue weighted by atomic mass is 16.5. The Kier molecular flexibility index (Phi) is 2.68. The lowest BCUT2D eigenvalue weighted by atomic mass is 10.2. The number of nitrogens with one attached hydrogen (secondary N) is 1. The molecule has 0 saturated carbocycles. The molecule has 2 aromatic carbocycles. The first-order valence-electron chi connectivity index (χ1n) is 5.88. The van der Waals surface area contributed by atoms with E-state index in [1.807, 2.05) is 18.2 Å². The fourth-order valence-electron chi connectivity index (χ4n) is 1.95. The van der Waals surface area contributed by atoms with Crippen LogP contribution in [-0.2, 0) is 0 Å². The van der Waals surface area contributed by atoms with Crippen LogP contribution < -0.4 is 16.0 Å². The minimum atomic E-state index is -0.169. The van der Waals surface area contributed by atoms with E-state index in [0.29, 0.717) is 22.7 Å². The van der Waals surface area contributed by atoms with E-state index >= 15 is 0 Å². The van der Waals surface area contributed by atoms with Crippen LogP contribution in [0.2, 0.25) is 0 Å². The van der Waals surface area contributed by atoms with Crippen LogP contribution in [0, 0.1) is 0 Å². The first-order chi connectivity index (χ1) is 9.22. The van der Waals surface area contributed by atoms with Gasteiger partial charge in [0.1, 0.15) is 5.75 Å². The maximum absolute atomic E-state index is 11.9. The summed E-state index contributed by atoms with van der Waals surface area (Å²) in [4.78, 5) is 14.6. The van der Waals surface area contributed by atoms with Gasteiger partial charge in [0.2, 0.25) is 5.88 Å². The van der Waals surface area contributed by atoms with E-state index in [2.05, 4.69) is 4.98 Å². The molecule has 0 radical (unpaired) electrons. The van der Waals surface area contributed by atoms with Gasteiger partial charge in [-0.3, -0.25) is 9.78 Å². The van der Waals surface area contributed by atoms with Crippen molar-refractivity contribution in [3.05, 3.63) is 65.0 Å². The van der Waals surface area contributed by atoms with Gasteiger partial charge < -0.3 is 10.5 Å². The number of benzene rings is 2. The van der Waals surface area contributed by atoms with Crippen molar-refractivity contribution in [1.82, 2.24) is 4.98 Å². The quantitative estimate of drug-likeness (QED) is 0.689. The molecule has 0 aliphatic carbocycles. The van der Waals surface area contributed by atoms with Gasteiger partial charge in [-0.05, 0) is 23.6 Å². The monoisotopic (exact) mass is 252 g/mol.